The molecule has 0 radical (unpaired) electrons. The fraction of sp³-hybridized carbons (Fsp3) is 0.500. The number of hydrogen-bond acceptors (Lipinski definition) is 7. The molecule has 0 bridgehead atoms. The van der Waals surface area contributed by atoms with Crippen molar-refractivity contribution in [3.8, 4) is 0 Å². The maximum atomic E-state index is 4.39. The van der Waals surface area contributed by atoms with Crippen LogP contribution in [-0.2, 0) is 12.5 Å². The average Bonchev–Trinajstić information content (AvgIpc) is 2.95. The summed E-state index contributed by atoms with van der Waals surface area (Å²) >= 11 is 0. The second-order valence-electron chi connectivity index (χ2n) is 7.91. The van der Waals surface area contributed by atoms with Gasteiger partial charge < -0.3 is 10.2 Å². The van der Waals surface area contributed by atoms with Crippen LogP contribution in [0.4, 0.5) is 11.6 Å². The first-order valence-corrected chi connectivity index (χ1v) is 8.87. The summed E-state index contributed by atoms with van der Waals surface area (Å²) < 4.78 is 1.76. The summed E-state index contributed by atoms with van der Waals surface area (Å²) in [5, 5.41) is 17.4. The molecule has 26 heavy (non-hydrogen) atoms. The lowest BCUT2D eigenvalue weighted by atomic mass is 9.92. The van der Waals surface area contributed by atoms with Crippen molar-refractivity contribution in [2.75, 3.05) is 29.9 Å². The first kappa shape index (κ1) is 16.7. The van der Waals surface area contributed by atoms with Crippen LogP contribution in [0.15, 0.2) is 24.7 Å². The van der Waals surface area contributed by atoms with Crippen molar-refractivity contribution in [1.82, 2.24) is 29.9 Å². The van der Waals surface area contributed by atoms with Crippen LogP contribution in [-0.4, -0.2) is 49.6 Å². The van der Waals surface area contributed by atoms with Gasteiger partial charge in [0.15, 0.2) is 11.5 Å². The Balaban J connectivity index is 1.34. The first-order chi connectivity index (χ1) is 12.4. The summed E-state index contributed by atoms with van der Waals surface area (Å²) in [5.41, 5.74) is 1.89. The molecule has 4 heterocycles. The van der Waals surface area contributed by atoms with Gasteiger partial charge in [0.2, 0.25) is 0 Å². The van der Waals surface area contributed by atoms with Crippen molar-refractivity contribution in [2.24, 2.45) is 13.0 Å². The molecule has 1 saturated heterocycles. The molecule has 8 nitrogen and oxygen atoms in total. The van der Waals surface area contributed by atoms with Gasteiger partial charge in [-0.25, -0.2) is 9.97 Å². The van der Waals surface area contributed by atoms with E-state index in [1.807, 2.05) is 7.05 Å². The molecule has 8 heteroatoms. The average molecular weight is 352 g/mol. The number of aromatic nitrogens is 6. The molecule has 0 unspecified atom stereocenters. The SMILES string of the molecule is Cn1ncc2c(NCC3CN(c4ccc(C(C)(C)C)nn4)C3)ncnc21. The minimum atomic E-state index is 0.0299. The van der Waals surface area contributed by atoms with Gasteiger partial charge in [0.1, 0.15) is 12.1 Å². The standard InChI is InChI=1S/C18H24N8/c1-18(2,3)14-5-6-15(24-23-14)26-9-12(10-26)7-19-16-13-8-22-25(4)17(13)21-11-20-16/h5-6,8,11-12H,7,9-10H2,1-4H3,(H,19,20,21). The highest BCUT2D eigenvalue weighted by Crippen LogP contribution is 2.26. The second kappa shape index (κ2) is 6.19. The molecule has 3 aromatic heterocycles. The van der Waals surface area contributed by atoms with Crippen LogP contribution in [0.3, 0.4) is 0 Å². The van der Waals surface area contributed by atoms with Crippen LogP contribution in [0.2, 0.25) is 0 Å². The maximum Gasteiger partial charge on any atom is 0.163 e. The van der Waals surface area contributed by atoms with Crippen molar-refractivity contribution in [3.05, 3.63) is 30.4 Å². The third-order valence-electron chi connectivity index (χ3n) is 4.79. The topological polar surface area (TPSA) is 84.7 Å². The quantitative estimate of drug-likeness (QED) is 0.768. The van der Waals surface area contributed by atoms with Crippen molar-refractivity contribution < 1.29 is 0 Å². The first-order valence-electron chi connectivity index (χ1n) is 8.87. The Kier molecular flexibility index (Phi) is 3.97. The molecule has 0 amide bonds. The van der Waals surface area contributed by atoms with E-state index in [9.17, 15) is 0 Å². The molecule has 3 aromatic rings. The van der Waals surface area contributed by atoms with Crippen LogP contribution in [0.25, 0.3) is 11.0 Å². The molecule has 0 atom stereocenters. The maximum absolute atomic E-state index is 4.39. The van der Waals surface area contributed by atoms with Gasteiger partial charge in [-0.05, 0) is 12.1 Å². The van der Waals surface area contributed by atoms with Crippen molar-refractivity contribution in [1.29, 1.82) is 0 Å². The van der Waals surface area contributed by atoms with Gasteiger partial charge in [-0.15, -0.1) is 5.10 Å². The molecule has 0 spiro atoms. The number of aryl methyl sites for hydroxylation is 1. The zero-order valence-corrected chi connectivity index (χ0v) is 15.6. The highest BCUT2D eigenvalue weighted by molar-refractivity contribution is 5.85. The largest absolute Gasteiger partial charge is 0.369 e. The van der Waals surface area contributed by atoms with E-state index >= 15 is 0 Å². The van der Waals surface area contributed by atoms with Crippen molar-refractivity contribution in [2.45, 2.75) is 26.2 Å². The number of rotatable bonds is 4. The molecule has 0 saturated carbocycles. The molecule has 1 N–H and O–H groups in total. The Morgan fingerprint density at radius 3 is 2.65 bits per heavy atom. The summed E-state index contributed by atoms with van der Waals surface area (Å²) in [6, 6.07) is 4.15. The Morgan fingerprint density at radius 2 is 1.96 bits per heavy atom. The van der Waals surface area contributed by atoms with Gasteiger partial charge >= 0.3 is 0 Å². The molecule has 1 fully saturated rings. The van der Waals surface area contributed by atoms with Crippen LogP contribution in [0.1, 0.15) is 26.5 Å². The van der Waals surface area contributed by atoms with Crippen LogP contribution < -0.4 is 10.2 Å². The number of nitrogens with one attached hydrogen (secondary N) is 1. The van der Waals surface area contributed by atoms with Crippen molar-refractivity contribution >= 4 is 22.7 Å². The molecule has 0 aromatic carbocycles. The fourth-order valence-corrected chi connectivity index (χ4v) is 3.12. The number of fused-ring (bicyclic) bond motifs is 1. The molecular formula is C18H24N8. The Hall–Kier alpha value is -2.77. The normalized spacial score (nSPS) is 15.3. The predicted molar refractivity (Wildman–Crippen MR) is 101 cm³/mol. The lowest BCUT2D eigenvalue weighted by molar-refractivity contribution is 0.424. The van der Waals surface area contributed by atoms with Gasteiger partial charge in [0.25, 0.3) is 0 Å². The third kappa shape index (κ3) is 3.07. The molecule has 4 rings (SSSR count). The number of anilines is 2. The number of nitrogens with zero attached hydrogens (tertiary/aromatic N) is 7. The third-order valence-corrected chi connectivity index (χ3v) is 4.79. The molecule has 1 aliphatic heterocycles. The minimum Gasteiger partial charge on any atom is -0.369 e. The van der Waals surface area contributed by atoms with E-state index in [0.29, 0.717) is 5.92 Å². The summed E-state index contributed by atoms with van der Waals surface area (Å²) in [4.78, 5) is 10.9. The van der Waals surface area contributed by atoms with E-state index in [1.165, 1.54) is 0 Å². The molecular weight excluding hydrogens is 328 g/mol. The van der Waals surface area contributed by atoms with E-state index < -0.39 is 0 Å². The Morgan fingerprint density at radius 1 is 1.15 bits per heavy atom. The van der Waals surface area contributed by atoms with Gasteiger partial charge in [-0.2, -0.15) is 10.2 Å². The molecule has 1 aliphatic rings. The Bertz CT molecular complexity index is 903. The fourth-order valence-electron chi connectivity index (χ4n) is 3.12. The zero-order valence-electron chi connectivity index (χ0n) is 15.6. The zero-order chi connectivity index (χ0) is 18.3. The number of hydrogen-bond donors (Lipinski definition) is 1. The van der Waals surface area contributed by atoms with Gasteiger partial charge in [-0.1, -0.05) is 20.8 Å². The second-order valence-corrected chi connectivity index (χ2v) is 7.91. The van der Waals surface area contributed by atoms with Crippen LogP contribution >= 0.6 is 0 Å². The van der Waals surface area contributed by atoms with E-state index in [2.05, 4.69) is 68.4 Å². The summed E-state index contributed by atoms with van der Waals surface area (Å²) in [6.07, 6.45) is 3.38. The highest BCUT2D eigenvalue weighted by atomic mass is 15.3. The highest BCUT2D eigenvalue weighted by Gasteiger charge is 2.28. The van der Waals surface area contributed by atoms with Gasteiger partial charge in [0, 0.05) is 38.0 Å². The molecule has 136 valence electrons. The van der Waals surface area contributed by atoms with Gasteiger partial charge in [-0.3, -0.25) is 4.68 Å². The lowest BCUT2D eigenvalue weighted by Crippen LogP contribution is -2.50. The van der Waals surface area contributed by atoms with E-state index in [0.717, 1.165) is 48.0 Å². The van der Waals surface area contributed by atoms with E-state index in [4.69, 9.17) is 0 Å². The smallest absolute Gasteiger partial charge is 0.163 e. The summed E-state index contributed by atoms with van der Waals surface area (Å²) in [5.74, 6) is 2.35. The van der Waals surface area contributed by atoms with E-state index in [1.54, 1.807) is 17.2 Å². The molecule has 0 aliphatic carbocycles. The van der Waals surface area contributed by atoms with Gasteiger partial charge in [0.05, 0.1) is 17.3 Å². The summed E-state index contributed by atoms with van der Waals surface area (Å²) in [7, 11) is 1.88. The van der Waals surface area contributed by atoms with E-state index in [-0.39, 0.29) is 5.41 Å². The lowest BCUT2D eigenvalue weighted by Gasteiger charge is -2.40. The van der Waals surface area contributed by atoms with Crippen molar-refractivity contribution in [3.63, 3.8) is 0 Å². The summed E-state index contributed by atoms with van der Waals surface area (Å²) in [6.45, 7) is 9.25. The van der Waals surface area contributed by atoms with Crippen LogP contribution in [0.5, 0.6) is 0 Å². The van der Waals surface area contributed by atoms with Crippen LogP contribution in [0, 0.1) is 5.92 Å². The minimum absolute atomic E-state index is 0.0299. The Labute approximate surface area is 152 Å². The monoisotopic (exact) mass is 352 g/mol. The predicted octanol–water partition coefficient (Wildman–Crippen LogP) is 2.00.